The van der Waals surface area contributed by atoms with Gasteiger partial charge in [0.05, 0.1) is 5.92 Å². The first-order valence-corrected chi connectivity index (χ1v) is 11.3. The van der Waals surface area contributed by atoms with Crippen molar-refractivity contribution in [3.05, 3.63) is 30.3 Å². The lowest BCUT2D eigenvalue weighted by Crippen LogP contribution is -2.53. The molecule has 7 nitrogen and oxygen atoms in total. The lowest BCUT2D eigenvalue weighted by atomic mass is 9.95. The van der Waals surface area contributed by atoms with Crippen molar-refractivity contribution >= 4 is 23.4 Å². The van der Waals surface area contributed by atoms with E-state index in [1.807, 2.05) is 32.9 Å². The summed E-state index contributed by atoms with van der Waals surface area (Å²) in [5, 5.41) is 0. The van der Waals surface area contributed by atoms with Gasteiger partial charge in [-0.1, -0.05) is 18.2 Å². The van der Waals surface area contributed by atoms with E-state index in [2.05, 4.69) is 17.0 Å². The van der Waals surface area contributed by atoms with Crippen molar-refractivity contribution in [2.75, 3.05) is 57.3 Å². The minimum absolute atomic E-state index is 0.0978. The molecule has 3 heterocycles. The van der Waals surface area contributed by atoms with Crippen LogP contribution in [0.15, 0.2) is 30.3 Å². The van der Waals surface area contributed by atoms with Crippen LogP contribution in [0, 0.1) is 5.92 Å². The van der Waals surface area contributed by atoms with E-state index in [9.17, 15) is 14.4 Å². The lowest BCUT2D eigenvalue weighted by molar-refractivity contribution is -0.143. The number of piperidine rings is 1. The molecule has 0 unspecified atom stereocenters. The molecule has 3 fully saturated rings. The number of hydrogen-bond donors (Lipinski definition) is 0. The van der Waals surface area contributed by atoms with Crippen molar-refractivity contribution in [1.29, 1.82) is 0 Å². The fraction of sp³-hybridized carbons (Fsp3) is 0.609. The van der Waals surface area contributed by atoms with Crippen LogP contribution in [-0.2, 0) is 14.4 Å². The molecule has 0 spiro atoms. The summed E-state index contributed by atoms with van der Waals surface area (Å²) in [4.78, 5) is 45.2. The van der Waals surface area contributed by atoms with Crippen LogP contribution in [0.3, 0.4) is 0 Å². The molecule has 3 aliphatic rings. The third-order valence-corrected chi connectivity index (χ3v) is 6.59. The number of likely N-dealkylation sites (tertiary alicyclic amines) is 2. The predicted octanol–water partition coefficient (Wildman–Crippen LogP) is 1.59. The average molecular weight is 413 g/mol. The summed E-state index contributed by atoms with van der Waals surface area (Å²) in [6.07, 6.45) is 3.47. The Morgan fingerprint density at radius 1 is 0.867 bits per heavy atom. The maximum atomic E-state index is 13.1. The van der Waals surface area contributed by atoms with Crippen molar-refractivity contribution in [2.45, 2.75) is 32.1 Å². The van der Waals surface area contributed by atoms with Gasteiger partial charge in [-0.2, -0.15) is 0 Å². The minimum atomic E-state index is -0.0978. The molecule has 3 aliphatic heterocycles. The molecule has 0 saturated carbocycles. The van der Waals surface area contributed by atoms with E-state index >= 15 is 0 Å². The molecular formula is C23H32N4O3. The van der Waals surface area contributed by atoms with Gasteiger partial charge in [0.1, 0.15) is 0 Å². The second-order valence-electron chi connectivity index (χ2n) is 8.56. The number of nitrogens with zero attached hydrogens (tertiary/aromatic N) is 4. The Morgan fingerprint density at radius 3 is 2.27 bits per heavy atom. The van der Waals surface area contributed by atoms with Crippen LogP contribution in [0.4, 0.5) is 5.69 Å². The summed E-state index contributed by atoms with van der Waals surface area (Å²) in [6.45, 7) is 5.85. The molecule has 0 N–H and O–H groups in total. The maximum Gasteiger partial charge on any atom is 0.227 e. The first-order valence-electron chi connectivity index (χ1n) is 11.3. The van der Waals surface area contributed by atoms with Gasteiger partial charge in [-0.3, -0.25) is 14.4 Å². The quantitative estimate of drug-likeness (QED) is 0.712. The molecule has 3 saturated heterocycles. The SMILES string of the molecule is O=C1CCCN1CCCN1C[C@@H](C(=O)N2CCN(c3ccccc3)CC2)CCC1=O. The van der Waals surface area contributed by atoms with E-state index in [1.54, 1.807) is 0 Å². The van der Waals surface area contributed by atoms with Crippen LogP contribution >= 0.6 is 0 Å². The van der Waals surface area contributed by atoms with Crippen molar-refractivity contribution < 1.29 is 14.4 Å². The van der Waals surface area contributed by atoms with Crippen LogP contribution < -0.4 is 4.90 Å². The van der Waals surface area contributed by atoms with E-state index in [4.69, 9.17) is 0 Å². The molecule has 162 valence electrons. The van der Waals surface area contributed by atoms with Crippen molar-refractivity contribution in [3.8, 4) is 0 Å². The van der Waals surface area contributed by atoms with Gasteiger partial charge >= 0.3 is 0 Å². The number of carbonyl (C=O) groups is 3. The van der Waals surface area contributed by atoms with E-state index < -0.39 is 0 Å². The number of piperazine rings is 1. The molecular weight excluding hydrogens is 380 g/mol. The van der Waals surface area contributed by atoms with Gasteiger partial charge in [0.15, 0.2) is 0 Å². The van der Waals surface area contributed by atoms with Crippen molar-refractivity contribution in [1.82, 2.24) is 14.7 Å². The van der Waals surface area contributed by atoms with Crippen molar-refractivity contribution in [2.24, 2.45) is 5.92 Å². The van der Waals surface area contributed by atoms with Gasteiger partial charge in [0.2, 0.25) is 17.7 Å². The molecule has 0 aromatic heterocycles. The first-order chi connectivity index (χ1) is 14.6. The second kappa shape index (κ2) is 9.49. The highest BCUT2D eigenvalue weighted by atomic mass is 16.2. The number of para-hydroxylation sites is 1. The zero-order valence-electron chi connectivity index (χ0n) is 17.7. The molecule has 0 bridgehead atoms. The largest absolute Gasteiger partial charge is 0.368 e. The van der Waals surface area contributed by atoms with Crippen LogP contribution in [0.2, 0.25) is 0 Å². The Labute approximate surface area is 178 Å². The van der Waals surface area contributed by atoms with E-state index in [0.717, 1.165) is 45.6 Å². The maximum absolute atomic E-state index is 13.1. The summed E-state index contributed by atoms with van der Waals surface area (Å²) in [7, 11) is 0. The van der Waals surface area contributed by atoms with Gasteiger partial charge in [-0.05, 0) is 31.4 Å². The van der Waals surface area contributed by atoms with Crippen LogP contribution in [0.25, 0.3) is 0 Å². The summed E-state index contributed by atoms with van der Waals surface area (Å²) < 4.78 is 0. The van der Waals surface area contributed by atoms with E-state index in [1.165, 1.54) is 5.69 Å². The highest BCUT2D eigenvalue weighted by molar-refractivity contribution is 5.84. The summed E-state index contributed by atoms with van der Waals surface area (Å²) >= 11 is 0. The molecule has 1 atom stereocenters. The standard InChI is InChI=1S/C23H32N4O3/c28-21-8-4-11-25(21)12-5-13-27-18-19(9-10-22(27)29)23(30)26-16-14-24(15-17-26)20-6-2-1-3-7-20/h1-3,6-7,19H,4-5,8-18H2/t19-/m0/s1. The minimum Gasteiger partial charge on any atom is -0.368 e. The lowest BCUT2D eigenvalue weighted by Gasteiger charge is -2.39. The van der Waals surface area contributed by atoms with Gasteiger partial charge in [-0.25, -0.2) is 0 Å². The molecule has 7 heteroatoms. The second-order valence-corrected chi connectivity index (χ2v) is 8.56. The number of anilines is 1. The number of benzene rings is 1. The number of rotatable bonds is 6. The normalized spacial score (nSPS) is 22.7. The molecule has 0 radical (unpaired) electrons. The van der Waals surface area contributed by atoms with Crippen LogP contribution in [0.5, 0.6) is 0 Å². The van der Waals surface area contributed by atoms with Gasteiger partial charge < -0.3 is 19.6 Å². The number of carbonyl (C=O) groups excluding carboxylic acids is 3. The fourth-order valence-electron chi connectivity index (χ4n) is 4.81. The molecule has 30 heavy (non-hydrogen) atoms. The molecule has 0 aliphatic carbocycles. The topological polar surface area (TPSA) is 64.2 Å². The predicted molar refractivity (Wildman–Crippen MR) is 115 cm³/mol. The zero-order valence-corrected chi connectivity index (χ0v) is 17.7. The highest BCUT2D eigenvalue weighted by Gasteiger charge is 2.34. The Kier molecular flexibility index (Phi) is 6.55. The molecule has 1 aromatic carbocycles. The van der Waals surface area contributed by atoms with E-state index in [-0.39, 0.29) is 23.6 Å². The zero-order chi connectivity index (χ0) is 20.9. The highest BCUT2D eigenvalue weighted by Crippen LogP contribution is 2.22. The molecule has 4 rings (SSSR count). The number of hydrogen-bond acceptors (Lipinski definition) is 4. The Bertz CT molecular complexity index is 761. The average Bonchev–Trinajstić information content (AvgIpc) is 3.20. The van der Waals surface area contributed by atoms with E-state index in [0.29, 0.717) is 38.9 Å². The van der Waals surface area contributed by atoms with Gasteiger partial charge in [-0.15, -0.1) is 0 Å². The van der Waals surface area contributed by atoms with Crippen molar-refractivity contribution in [3.63, 3.8) is 0 Å². The third kappa shape index (κ3) is 4.77. The monoisotopic (exact) mass is 412 g/mol. The van der Waals surface area contributed by atoms with Crippen LogP contribution in [-0.4, -0.2) is 84.8 Å². The first kappa shape index (κ1) is 20.7. The Hall–Kier alpha value is -2.57. The fourth-order valence-corrected chi connectivity index (χ4v) is 4.81. The van der Waals surface area contributed by atoms with Crippen LogP contribution in [0.1, 0.15) is 32.1 Å². The Balaban J connectivity index is 1.25. The summed E-state index contributed by atoms with van der Waals surface area (Å²) in [5.41, 5.74) is 1.20. The molecule has 1 aromatic rings. The number of amides is 3. The van der Waals surface area contributed by atoms with Gasteiger partial charge in [0.25, 0.3) is 0 Å². The smallest absolute Gasteiger partial charge is 0.227 e. The van der Waals surface area contributed by atoms with Gasteiger partial charge in [0, 0.05) is 70.9 Å². The summed E-state index contributed by atoms with van der Waals surface area (Å²) in [5.74, 6) is 0.456. The molecule has 3 amide bonds. The third-order valence-electron chi connectivity index (χ3n) is 6.59. The summed E-state index contributed by atoms with van der Waals surface area (Å²) in [6, 6.07) is 10.3. The Morgan fingerprint density at radius 2 is 1.57 bits per heavy atom.